The van der Waals surface area contributed by atoms with Crippen LogP contribution in [0.25, 0.3) is 10.1 Å². The van der Waals surface area contributed by atoms with E-state index in [0.717, 1.165) is 22.4 Å². The molecule has 1 aliphatic rings. The Labute approximate surface area is 139 Å². The van der Waals surface area contributed by atoms with Crippen molar-refractivity contribution in [3.63, 3.8) is 0 Å². The summed E-state index contributed by atoms with van der Waals surface area (Å²) in [4.78, 5) is 25.6. The molecule has 0 spiro atoms. The number of amides is 1. The third-order valence-corrected chi connectivity index (χ3v) is 5.26. The number of pyridine rings is 1. The molecule has 0 saturated heterocycles. The van der Waals surface area contributed by atoms with Gasteiger partial charge in [-0.3, -0.25) is 9.59 Å². The summed E-state index contributed by atoms with van der Waals surface area (Å²) in [5, 5.41) is 3.63. The summed E-state index contributed by atoms with van der Waals surface area (Å²) in [6, 6.07) is 3.81. The number of aromatic nitrogens is 1. The van der Waals surface area contributed by atoms with E-state index in [1.54, 1.807) is 17.5 Å². The van der Waals surface area contributed by atoms with Crippen LogP contribution in [0.2, 0.25) is 0 Å². The first kappa shape index (κ1) is 16.0. The van der Waals surface area contributed by atoms with Crippen LogP contribution in [-0.4, -0.2) is 17.0 Å². The Bertz CT molecular complexity index is 801. The largest absolute Gasteiger partial charge is 0.354 e. The maximum atomic E-state index is 12.4. The molecule has 0 saturated carbocycles. The van der Waals surface area contributed by atoms with Crippen molar-refractivity contribution < 1.29 is 4.79 Å². The number of allylic oxidation sites excluding steroid dienone is 1. The summed E-state index contributed by atoms with van der Waals surface area (Å²) in [7, 11) is 0. The van der Waals surface area contributed by atoms with E-state index < -0.39 is 0 Å². The van der Waals surface area contributed by atoms with Gasteiger partial charge >= 0.3 is 0 Å². The van der Waals surface area contributed by atoms with Crippen LogP contribution < -0.4 is 10.9 Å². The van der Waals surface area contributed by atoms with Gasteiger partial charge in [-0.2, -0.15) is 0 Å². The van der Waals surface area contributed by atoms with Crippen molar-refractivity contribution >= 4 is 27.3 Å². The van der Waals surface area contributed by atoms with Gasteiger partial charge in [-0.1, -0.05) is 11.6 Å². The van der Waals surface area contributed by atoms with E-state index in [-0.39, 0.29) is 18.0 Å². The van der Waals surface area contributed by atoms with Crippen molar-refractivity contribution in [3.05, 3.63) is 45.2 Å². The monoisotopic (exact) mass is 330 g/mol. The van der Waals surface area contributed by atoms with Crippen molar-refractivity contribution in [1.29, 1.82) is 0 Å². The van der Waals surface area contributed by atoms with Crippen molar-refractivity contribution in [1.82, 2.24) is 9.88 Å². The van der Waals surface area contributed by atoms with Crippen molar-refractivity contribution in [3.8, 4) is 0 Å². The molecular weight excluding hydrogens is 308 g/mol. The lowest BCUT2D eigenvalue weighted by molar-refractivity contribution is -0.121. The molecule has 1 N–H and O–H groups in total. The number of carbonyl (C=O) groups excluding carboxylic acids is 1. The number of thiophene rings is 1. The zero-order valence-corrected chi connectivity index (χ0v) is 14.2. The second-order valence-corrected chi connectivity index (χ2v) is 7.38. The van der Waals surface area contributed by atoms with Crippen LogP contribution in [0.4, 0.5) is 0 Å². The first-order chi connectivity index (χ1) is 11.1. The summed E-state index contributed by atoms with van der Waals surface area (Å²) in [5.41, 5.74) is 1.36. The molecule has 2 aromatic heterocycles. The van der Waals surface area contributed by atoms with Crippen LogP contribution in [0.5, 0.6) is 0 Å². The zero-order chi connectivity index (χ0) is 16.2. The Balaban J connectivity index is 1.58. The molecule has 2 aromatic rings. The first-order valence-electron chi connectivity index (χ1n) is 8.18. The number of aryl methyl sites for hydroxylation is 1. The normalized spacial score (nSPS) is 14.7. The minimum Gasteiger partial charge on any atom is -0.354 e. The van der Waals surface area contributed by atoms with Crippen molar-refractivity contribution in [2.24, 2.45) is 0 Å². The summed E-state index contributed by atoms with van der Waals surface area (Å²) in [5.74, 6) is -0.102. The van der Waals surface area contributed by atoms with Gasteiger partial charge in [0.1, 0.15) is 6.54 Å². The SMILES string of the molecule is Cc1cc2c(=O)n(CC(=O)NCCC3=CCCCC3)ccc2s1. The molecule has 5 heteroatoms. The molecule has 0 unspecified atom stereocenters. The fourth-order valence-electron chi connectivity index (χ4n) is 3.03. The first-order valence-corrected chi connectivity index (χ1v) is 8.99. The number of hydrogen-bond donors (Lipinski definition) is 1. The number of carbonyl (C=O) groups is 1. The van der Waals surface area contributed by atoms with Gasteiger partial charge in [0, 0.05) is 22.3 Å². The summed E-state index contributed by atoms with van der Waals surface area (Å²) >= 11 is 1.60. The lowest BCUT2D eigenvalue weighted by atomic mass is 9.97. The van der Waals surface area contributed by atoms with E-state index in [0.29, 0.717) is 11.9 Å². The molecular formula is C18H22N2O2S. The Kier molecular flexibility index (Phi) is 4.96. The fraction of sp³-hybridized carbons (Fsp3) is 0.444. The van der Waals surface area contributed by atoms with Gasteiger partial charge in [0.25, 0.3) is 5.56 Å². The van der Waals surface area contributed by atoms with E-state index in [9.17, 15) is 9.59 Å². The second kappa shape index (κ2) is 7.13. The molecule has 0 atom stereocenters. The molecule has 0 aromatic carbocycles. The van der Waals surface area contributed by atoms with Gasteiger partial charge < -0.3 is 9.88 Å². The van der Waals surface area contributed by atoms with E-state index in [1.165, 1.54) is 29.4 Å². The van der Waals surface area contributed by atoms with Gasteiger partial charge in [0.05, 0.1) is 5.39 Å². The van der Waals surface area contributed by atoms with E-state index >= 15 is 0 Å². The van der Waals surface area contributed by atoms with Gasteiger partial charge in [0.2, 0.25) is 5.91 Å². The molecule has 1 aliphatic carbocycles. The van der Waals surface area contributed by atoms with Crippen LogP contribution in [0, 0.1) is 6.92 Å². The lowest BCUT2D eigenvalue weighted by Crippen LogP contribution is -2.32. The molecule has 122 valence electrons. The molecule has 23 heavy (non-hydrogen) atoms. The third-order valence-electron chi connectivity index (χ3n) is 4.25. The fourth-order valence-corrected chi connectivity index (χ4v) is 3.94. The highest BCUT2D eigenvalue weighted by Crippen LogP contribution is 2.21. The van der Waals surface area contributed by atoms with Crippen molar-refractivity contribution in [2.75, 3.05) is 6.54 Å². The minimum absolute atomic E-state index is 0.0860. The molecule has 1 amide bonds. The van der Waals surface area contributed by atoms with Gasteiger partial charge in [-0.05, 0) is 51.2 Å². The smallest absolute Gasteiger partial charge is 0.259 e. The third kappa shape index (κ3) is 3.91. The quantitative estimate of drug-likeness (QED) is 0.855. The Morgan fingerprint density at radius 2 is 2.26 bits per heavy atom. The lowest BCUT2D eigenvalue weighted by Gasteiger charge is -2.13. The van der Waals surface area contributed by atoms with Crippen LogP contribution in [-0.2, 0) is 11.3 Å². The molecule has 4 nitrogen and oxygen atoms in total. The highest BCUT2D eigenvalue weighted by Gasteiger charge is 2.09. The number of rotatable bonds is 5. The zero-order valence-electron chi connectivity index (χ0n) is 13.4. The highest BCUT2D eigenvalue weighted by molar-refractivity contribution is 7.18. The number of nitrogens with zero attached hydrogens (tertiary/aromatic N) is 1. The molecule has 0 radical (unpaired) electrons. The molecule has 3 rings (SSSR count). The topological polar surface area (TPSA) is 51.1 Å². The maximum absolute atomic E-state index is 12.4. The summed E-state index contributed by atoms with van der Waals surface area (Å²) in [6.07, 6.45) is 9.79. The molecule has 0 bridgehead atoms. The summed E-state index contributed by atoms with van der Waals surface area (Å²) in [6.45, 7) is 2.73. The Morgan fingerprint density at radius 1 is 1.39 bits per heavy atom. The van der Waals surface area contributed by atoms with Crippen LogP contribution in [0.15, 0.2) is 34.8 Å². The van der Waals surface area contributed by atoms with Crippen LogP contribution in [0.3, 0.4) is 0 Å². The van der Waals surface area contributed by atoms with Crippen LogP contribution in [0.1, 0.15) is 37.0 Å². The molecule has 2 heterocycles. The van der Waals surface area contributed by atoms with Crippen molar-refractivity contribution in [2.45, 2.75) is 45.6 Å². The predicted molar refractivity (Wildman–Crippen MR) is 95.0 cm³/mol. The van der Waals surface area contributed by atoms with E-state index in [1.807, 2.05) is 19.1 Å². The van der Waals surface area contributed by atoms with E-state index in [2.05, 4.69) is 11.4 Å². The van der Waals surface area contributed by atoms with Crippen LogP contribution >= 0.6 is 11.3 Å². The average molecular weight is 330 g/mol. The minimum atomic E-state index is -0.102. The highest BCUT2D eigenvalue weighted by atomic mass is 32.1. The summed E-state index contributed by atoms with van der Waals surface area (Å²) < 4.78 is 2.47. The van der Waals surface area contributed by atoms with Gasteiger partial charge in [-0.15, -0.1) is 11.3 Å². The standard InChI is InChI=1S/C18H22N2O2S/c1-13-11-15-16(23-13)8-10-20(18(15)22)12-17(21)19-9-7-14-5-3-2-4-6-14/h5,8,10-11H,2-4,6-7,9,12H2,1H3,(H,19,21). The average Bonchev–Trinajstić information content (AvgIpc) is 2.93. The predicted octanol–water partition coefficient (Wildman–Crippen LogP) is 3.38. The molecule has 0 fully saturated rings. The van der Waals surface area contributed by atoms with E-state index in [4.69, 9.17) is 0 Å². The van der Waals surface area contributed by atoms with Gasteiger partial charge in [0.15, 0.2) is 0 Å². The number of nitrogens with one attached hydrogen (secondary N) is 1. The number of hydrogen-bond acceptors (Lipinski definition) is 3. The molecule has 0 aliphatic heterocycles. The Morgan fingerprint density at radius 3 is 3.04 bits per heavy atom. The Hall–Kier alpha value is -1.88. The second-order valence-electron chi connectivity index (χ2n) is 6.09. The number of fused-ring (bicyclic) bond motifs is 1. The van der Waals surface area contributed by atoms with Gasteiger partial charge in [-0.25, -0.2) is 0 Å². The maximum Gasteiger partial charge on any atom is 0.259 e.